The predicted molar refractivity (Wildman–Crippen MR) is 102 cm³/mol. The number of hydrogen-bond acceptors (Lipinski definition) is 5. The molecule has 0 aliphatic rings. The maximum Gasteiger partial charge on any atom is 0.249 e. The summed E-state index contributed by atoms with van der Waals surface area (Å²) in [5, 5.41) is 2.72. The SMILES string of the molecule is CNS(=O)(=O)c1ccc(CNC(=O)CCC(=O)c2cc(C)ccc2C)s1. The van der Waals surface area contributed by atoms with Crippen LogP contribution in [0.2, 0.25) is 0 Å². The van der Waals surface area contributed by atoms with Crippen LogP contribution in [0, 0.1) is 13.8 Å². The summed E-state index contributed by atoms with van der Waals surface area (Å²) in [6.07, 6.45) is 0.235. The fourth-order valence-electron chi connectivity index (χ4n) is 2.37. The number of aryl methyl sites for hydroxylation is 2. The molecule has 1 aromatic carbocycles. The van der Waals surface area contributed by atoms with Gasteiger partial charge in [-0.15, -0.1) is 11.3 Å². The molecule has 0 bridgehead atoms. The third kappa shape index (κ3) is 5.23. The molecule has 8 heteroatoms. The van der Waals surface area contributed by atoms with E-state index in [9.17, 15) is 18.0 Å². The number of nitrogens with one attached hydrogen (secondary N) is 2. The Morgan fingerprint density at radius 3 is 2.50 bits per heavy atom. The van der Waals surface area contributed by atoms with Crippen molar-refractivity contribution < 1.29 is 18.0 Å². The first kappa shape index (κ1) is 20.3. The van der Waals surface area contributed by atoms with E-state index in [2.05, 4.69) is 10.0 Å². The number of benzene rings is 1. The van der Waals surface area contributed by atoms with Crippen LogP contribution in [0.5, 0.6) is 0 Å². The van der Waals surface area contributed by atoms with E-state index in [1.54, 1.807) is 6.07 Å². The van der Waals surface area contributed by atoms with Crippen LogP contribution in [0.15, 0.2) is 34.5 Å². The lowest BCUT2D eigenvalue weighted by atomic mass is 9.99. The van der Waals surface area contributed by atoms with Gasteiger partial charge in [-0.1, -0.05) is 17.7 Å². The molecule has 6 nitrogen and oxygen atoms in total. The van der Waals surface area contributed by atoms with Crippen molar-refractivity contribution >= 4 is 33.1 Å². The maximum atomic E-state index is 12.3. The highest BCUT2D eigenvalue weighted by atomic mass is 32.2. The average molecular weight is 395 g/mol. The van der Waals surface area contributed by atoms with Gasteiger partial charge in [0.2, 0.25) is 15.9 Å². The molecule has 2 N–H and O–H groups in total. The smallest absolute Gasteiger partial charge is 0.249 e. The highest BCUT2D eigenvalue weighted by molar-refractivity contribution is 7.91. The fourth-order valence-corrected chi connectivity index (χ4v) is 4.50. The molecule has 1 amide bonds. The first-order chi connectivity index (χ1) is 12.2. The summed E-state index contributed by atoms with van der Waals surface area (Å²) in [6.45, 7) is 4.03. The quantitative estimate of drug-likeness (QED) is 0.673. The van der Waals surface area contributed by atoms with E-state index in [1.807, 2.05) is 32.0 Å². The number of ketones is 1. The van der Waals surface area contributed by atoms with Gasteiger partial charge in [-0.3, -0.25) is 9.59 Å². The largest absolute Gasteiger partial charge is 0.351 e. The topological polar surface area (TPSA) is 92.3 Å². The number of thiophene rings is 1. The number of carbonyl (C=O) groups excluding carboxylic acids is 2. The molecule has 140 valence electrons. The lowest BCUT2D eigenvalue weighted by Gasteiger charge is -2.07. The van der Waals surface area contributed by atoms with Crippen LogP contribution >= 0.6 is 11.3 Å². The number of Topliss-reactive ketones (excluding diaryl/α,β-unsaturated/α-hetero) is 1. The zero-order valence-corrected chi connectivity index (χ0v) is 16.6. The second-order valence-corrected chi connectivity index (χ2v) is 9.23. The first-order valence-corrected chi connectivity index (χ1v) is 10.4. The van der Waals surface area contributed by atoms with Crippen molar-refractivity contribution in [2.45, 2.75) is 37.4 Å². The van der Waals surface area contributed by atoms with E-state index >= 15 is 0 Å². The van der Waals surface area contributed by atoms with Crippen LogP contribution in [0.4, 0.5) is 0 Å². The average Bonchev–Trinajstić information content (AvgIpc) is 3.09. The van der Waals surface area contributed by atoms with Crippen LogP contribution in [0.1, 0.15) is 39.2 Å². The Labute approximate surface area is 157 Å². The van der Waals surface area contributed by atoms with E-state index in [1.165, 1.54) is 13.1 Å². The Morgan fingerprint density at radius 2 is 1.81 bits per heavy atom. The molecular formula is C18H22N2O4S2. The van der Waals surface area contributed by atoms with Gasteiger partial charge >= 0.3 is 0 Å². The first-order valence-electron chi connectivity index (χ1n) is 8.12. The van der Waals surface area contributed by atoms with E-state index in [4.69, 9.17) is 0 Å². The van der Waals surface area contributed by atoms with Gasteiger partial charge in [0.15, 0.2) is 5.78 Å². The minimum atomic E-state index is -3.46. The summed E-state index contributed by atoms with van der Waals surface area (Å²) in [4.78, 5) is 25.0. The number of carbonyl (C=O) groups is 2. The van der Waals surface area contributed by atoms with E-state index < -0.39 is 10.0 Å². The molecule has 1 heterocycles. The Kier molecular flexibility index (Phi) is 6.69. The molecule has 0 aliphatic heterocycles. The molecule has 1 aromatic heterocycles. The number of rotatable bonds is 8. The molecule has 0 unspecified atom stereocenters. The summed E-state index contributed by atoms with van der Waals surface area (Å²) >= 11 is 1.10. The normalized spacial score (nSPS) is 11.3. The molecule has 0 saturated heterocycles. The summed E-state index contributed by atoms with van der Waals surface area (Å²) in [5.74, 6) is -0.296. The lowest BCUT2D eigenvalue weighted by molar-refractivity contribution is -0.121. The van der Waals surface area contributed by atoms with Crippen molar-refractivity contribution in [1.82, 2.24) is 10.0 Å². The molecule has 0 fully saturated rings. The molecule has 26 heavy (non-hydrogen) atoms. The van der Waals surface area contributed by atoms with E-state index in [-0.39, 0.29) is 35.3 Å². The van der Waals surface area contributed by atoms with Crippen molar-refractivity contribution in [3.63, 3.8) is 0 Å². The Morgan fingerprint density at radius 1 is 1.08 bits per heavy atom. The highest BCUT2D eigenvalue weighted by Crippen LogP contribution is 2.21. The third-order valence-corrected chi connectivity index (χ3v) is 6.89. The Bertz CT molecular complexity index is 917. The molecule has 0 aliphatic carbocycles. The number of amides is 1. The molecule has 0 radical (unpaired) electrons. The Balaban J connectivity index is 1.86. The number of sulfonamides is 1. The minimum Gasteiger partial charge on any atom is -0.351 e. The molecule has 0 atom stereocenters. The van der Waals surface area contributed by atoms with Gasteiger partial charge in [-0.25, -0.2) is 13.1 Å². The molecule has 2 rings (SSSR count). The maximum absolute atomic E-state index is 12.3. The van der Waals surface area contributed by atoms with Crippen molar-refractivity contribution in [1.29, 1.82) is 0 Å². The lowest BCUT2D eigenvalue weighted by Crippen LogP contribution is -2.23. The van der Waals surface area contributed by atoms with Gasteiger partial charge in [0.1, 0.15) is 4.21 Å². The second-order valence-electron chi connectivity index (χ2n) is 5.95. The van der Waals surface area contributed by atoms with Gasteiger partial charge in [-0.05, 0) is 44.7 Å². The predicted octanol–water partition coefficient (Wildman–Crippen LogP) is 2.55. The van der Waals surface area contributed by atoms with Gasteiger partial charge in [0.25, 0.3) is 0 Å². The van der Waals surface area contributed by atoms with Crippen LogP contribution in [-0.4, -0.2) is 27.2 Å². The fraction of sp³-hybridized carbons (Fsp3) is 0.333. The van der Waals surface area contributed by atoms with Crippen LogP contribution in [0.25, 0.3) is 0 Å². The van der Waals surface area contributed by atoms with Gasteiger partial charge in [0.05, 0.1) is 6.54 Å². The van der Waals surface area contributed by atoms with E-state index in [0.717, 1.165) is 27.3 Å². The molecule has 0 saturated carbocycles. The van der Waals surface area contributed by atoms with Crippen LogP contribution in [0.3, 0.4) is 0 Å². The number of hydrogen-bond donors (Lipinski definition) is 2. The van der Waals surface area contributed by atoms with Crippen molar-refractivity contribution in [2.24, 2.45) is 0 Å². The molecular weight excluding hydrogens is 372 g/mol. The minimum absolute atomic E-state index is 0.0557. The Hall–Kier alpha value is -2.03. The monoisotopic (exact) mass is 394 g/mol. The van der Waals surface area contributed by atoms with Gasteiger partial charge in [-0.2, -0.15) is 0 Å². The highest BCUT2D eigenvalue weighted by Gasteiger charge is 2.15. The van der Waals surface area contributed by atoms with Crippen LogP contribution in [-0.2, 0) is 21.4 Å². The third-order valence-electron chi connectivity index (χ3n) is 3.90. The zero-order chi connectivity index (χ0) is 19.3. The van der Waals surface area contributed by atoms with Crippen molar-refractivity contribution in [3.05, 3.63) is 51.9 Å². The summed E-state index contributed by atoms with van der Waals surface area (Å²) in [5.41, 5.74) is 2.56. The van der Waals surface area contributed by atoms with Crippen molar-refractivity contribution in [2.75, 3.05) is 7.05 Å². The van der Waals surface area contributed by atoms with Crippen molar-refractivity contribution in [3.8, 4) is 0 Å². The summed E-state index contributed by atoms with van der Waals surface area (Å²) in [7, 11) is -2.11. The van der Waals surface area contributed by atoms with Gasteiger partial charge < -0.3 is 5.32 Å². The second kappa shape index (κ2) is 8.57. The van der Waals surface area contributed by atoms with Gasteiger partial charge in [0, 0.05) is 23.3 Å². The summed E-state index contributed by atoms with van der Waals surface area (Å²) < 4.78 is 25.8. The van der Waals surface area contributed by atoms with Crippen LogP contribution < -0.4 is 10.0 Å². The van der Waals surface area contributed by atoms with E-state index in [0.29, 0.717) is 5.56 Å². The zero-order valence-electron chi connectivity index (χ0n) is 15.0. The standard InChI is InChI=1S/C18H22N2O4S2/c1-12-4-5-13(2)15(10-12)16(21)7-8-17(22)20-11-14-6-9-18(25-14)26(23,24)19-3/h4-6,9-10,19H,7-8,11H2,1-3H3,(H,20,22). The summed E-state index contributed by atoms with van der Waals surface area (Å²) in [6, 6.07) is 8.85. The molecule has 2 aromatic rings. The molecule has 0 spiro atoms.